The van der Waals surface area contributed by atoms with Gasteiger partial charge in [0.1, 0.15) is 0 Å². The molecule has 4 aromatic rings. The van der Waals surface area contributed by atoms with Gasteiger partial charge in [0.2, 0.25) is 6.79 Å². The molecular weight excluding hydrogens is 376 g/mol. The lowest BCUT2D eigenvalue weighted by molar-refractivity contribution is 0.102. The van der Waals surface area contributed by atoms with Crippen LogP contribution in [0.4, 0.5) is 5.69 Å². The van der Waals surface area contributed by atoms with Crippen LogP contribution < -0.4 is 14.8 Å². The fraction of sp³-hybridized carbons (Fsp3) is 0.120. The predicted molar refractivity (Wildman–Crippen MR) is 117 cm³/mol. The molecule has 1 aromatic heterocycles. The summed E-state index contributed by atoms with van der Waals surface area (Å²) in [5, 5.41) is 3.83. The molecule has 1 amide bonds. The highest BCUT2D eigenvalue weighted by Gasteiger charge is 2.20. The van der Waals surface area contributed by atoms with Gasteiger partial charge < -0.3 is 14.8 Å². The van der Waals surface area contributed by atoms with Crippen LogP contribution in [0.25, 0.3) is 22.2 Å². The molecule has 1 aliphatic heterocycles. The zero-order valence-electron chi connectivity index (χ0n) is 16.7. The molecule has 0 unspecified atom stereocenters. The minimum absolute atomic E-state index is 0.182. The van der Waals surface area contributed by atoms with E-state index in [4.69, 9.17) is 14.5 Å². The van der Waals surface area contributed by atoms with E-state index in [1.807, 2.05) is 49.4 Å². The van der Waals surface area contributed by atoms with Crippen molar-refractivity contribution in [2.24, 2.45) is 0 Å². The average Bonchev–Trinajstić information content (AvgIpc) is 3.22. The van der Waals surface area contributed by atoms with Crippen molar-refractivity contribution in [2.45, 2.75) is 13.8 Å². The number of pyridine rings is 1. The van der Waals surface area contributed by atoms with Crippen molar-refractivity contribution < 1.29 is 14.3 Å². The number of para-hydroxylation sites is 1. The fourth-order valence-corrected chi connectivity index (χ4v) is 3.76. The van der Waals surface area contributed by atoms with Gasteiger partial charge in [-0.1, -0.05) is 48.0 Å². The Morgan fingerprint density at radius 1 is 0.933 bits per heavy atom. The Morgan fingerprint density at radius 3 is 2.53 bits per heavy atom. The van der Waals surface area contributed by atoms with Gasteiger partial charge >= 0.3 is 0 Å². The summed E-state index contributed by atoms with van der Waals surface area (Å²) < 4.78 is 10.8. The molecule has 2 heterocycles. The van der Waals surface area contributed by atoms with Crippen molar-refractivity contribution in [2.75, 3.05) is 12.1 Å². The predicted octanol–water partition coefficient (Wildman–Crippen LogP) is 5.50. The summed E-state index contributed by atoms with van der Waals surface area (Å²) in [5.41, 5.74) is 5.88. The van der Waals surface area contributed by atoms with E-state index in [1.165, 1.54) is 5.56 Å². The highest BCUT2D eigenvalue weighted by molar-refractivity contribution is 6.14. The van der Waals surface area contributed by atoms with E-state index in [0.29, 0.717) is 22.7 Å². The summed E-state index contributed by atoms with van der Waals surface area (Å²) in [4.78, 5) is 18.2. The summed E-state index contributed by atoms with van der Waals surface area (Å²) >= 11 is 0. The van der Waals surface area contributed by atoms with Crippen molar-refractivity contribution in [1.82, 2.24) is 4.98 Å². The monoisotopic (exact) mass is 396 g/mol. The number of hydrogen-bond donors (Lipinski definition) is 1. The smallest absolute Gasteiger partial charge is 0.256 e. The molecule has 3 aromatic carbocycles. The van der Waals surface area contributed by atoms with Gasteiger partial charge in [0.15, 0.2) is 11.5 Å². The molecular formula is C25H20N2O3. The number of aryl methyl sites for hydroxylation is 1. The molecule has 5 rings (SSSR count). The SMILES string of the molecule is Cc1ccc(-c2nc3ccccc3c(C(=O)Nc3ccc4c(c3)OCO4)c2C)cc1. The number of nitrogens with zero attached hydrogens (tertiary/aromatic N) is 1. The minimum atomic E-state index is -0.182. The van der Waals surface area contributed by atoms with Crippen molar-refractivity contribution in [3.63, 3.8) is 0 Å². The molecule has 0 aliphatic carbocycles. The molecule has 0 spiro atoms. The van der Waals surface area contributed by atoms with Gasteiger partial charge in [0, 0.05) is 22.7 Å². The summed E-state index contributed by atoms with van der Waals surface area (Å²) in [6, 6.07) is 21.3. The molecule has 0 atom stereocenters. The number of ether oxygens (including phenoxy) is 2. The van der Waals surface area contributed by atoms with E-state index in [2.05, 4.69) is 24.4 Å². The van der Waals surface area contributed by atoms with Crippen LogP contribution in [0.1, 0.15) is 21.5 Å². The summed E-state index contributed by atoms with van der Waals surface area (Å²) in [6.45, 7) is 4.19. The van der Waals surface area contributed by atoms with Gasteiger partial charge in [-0.05, 0) is 37.6 Å². The molecule has 30 heavy (non-hydrogen) atoms. The lowest BCUT2D eigenvalue weighted by Gasteiger charge is -2.15. The number of carbonyl (C=O) groups excluding carboxylic acids is 1. The van der Waals surface area contributed by atoms with Crippen LogP contribution in [0.2, 0.25) is 0 Å². The number of amides is 1. The Bertz CT molecular complexity index is 1280. The zero-order valence-corrected chi connectivity index (χ0v) is 16.7. The first-order valence-electron chi connectivity index (χ1n) is 9.77. The van der Waals surface area contributed by atoms with Crippen molar-refractivity contribution in [1.29, 1.82) is 0 Å². The largest absolute Gasteiger partial charge is 0.454 e. The maximum absolute atomic E-state index is 13.4. The normalized spacial score (nSPS) is 12.2. The number of carbonyl (C=O) groups is 1. The van der Waals surface area contributed by atoms with E-state index in [9.17, 15) is 4.79 Å². The second kappa shape index (κ2) is 7.19. The van der Waals surface area contributed by atoms with E-state index in [0.717, 1.165) is 27.7 Å². The van der Waals surface area contributed by atoms with Crippen LogP contribution >= 0.6 is 0 Å². The first-order valence-corrected chi connectivity index (χ1v) is 9.77. The average molecular weight is 396 g/mol. The molecule has 0 fully saturated rings. The van der Waals surface area contributed by atoms with Gasteiger partial charge in [0.25, 0.3) is 5.91 Å². The molecule has 0 saturated heterocycles. The lowest BCUT2D eigenvalue weighted by Crippen LogP contribution is -2.15. The van der Waals surface area contributed by atoms with Crippen LogP contribution in [-0.2, 0) is 0 Å². The van der Waals surface area contributed by atoms with Crippen LogP contribution in [0, 0.1) is 13.8 Å². The van der Waals surface area contributed by atoms with E-state index < -0.39 is 0 Å². The van der Waals surface area contributed by atoms with Gasteiger partial charge in [-0.2, -0.15) is 0 Å². The molecule has 1 N–H and O–H groups in total. The Morgan fingerprint density at radius 2 is 1.70 bits per heavy atom. The van der Waals surface area contributed by atoms with Crippen LogP contribution in [-0.4, -0.2) is 17.7 Å². The van der Waals surface area contributed by atoms with Crippen molar-refractivity contribution in [3.8, 4) is 22.8 Å². The second-order valence-electron chi connectivity index (χ2n) is 7.37. The molecule has 5 heteroatoms. The number of nitrogens with one attached hydrogen (secondary N) is 1. The van der Waals surface area contributed by atoms with E-state index in [-0.39, 0.29) is 12.7 Å². The van der Waals surface area contributed by atoms with E-state index >= 15 is 0 Å². The quantitative estimate of drug-likeness (QED) is 0.497. The number of anilines is 1. The maximum Gasteiger partial charge on any atom is 0.256 e. The first-order chi connectivity index (χ1) is 14.6. The van der Waals surface area contributed by atoms with Gasteiger partial charge in [0.05, 0.1) is 16.8 Å². The zero-order chi connectivity index (χ0) is 20.7. The summed E-state index contributed by atoms with van der Waals surface area (Å²) in [6.07, 6.45) is 0. The third-order valence-corrected chi connectivity index (χ3v) is 5.32. The van der Waals surface area contributed by atoms with Crippen LogP contribution in [0.3, 0.4) is 0 Å². The van der Waals surface area contributed by atoms with Crippen molar-refractivity contribution in [3.05, 3.63) is 83.4 Å². The molecule has 5 nitrogen and oxygen atoms in total. The topological polar surface area (TPSA) is 60.5 Å². The molecule has 148 valence electrons. The van der Waals surface area contributed by atoms with Crippen LogP contribution in [0.15, 0.2) is 66.7 Å². The molecule has 0 radical (unpaired) electrons. The standard InChI is InChI=1S/C25H20N2O3/c1-15-7-9-17(10-8-15)24-16(2)23(19-5-3-4-6-20(19)27-24)25(28)26-18-11-12-21-22(13-18)30-14-29-21/h3-13H,14H2,1-2H3,(H,26,28). The number of benzene rings is 3. The van der Waals surface area contributed by atoms with Gasteiger partial charge in [-0.15, -0.1) is 0 Å². The Balaban J connectivity index is 1.61. The summed E-state index contributed by atoms with van der Waals surface area (Å²) in [5.74, 6) is 1.13. The summed E-state index contributed by atoms with van der Waals surface area (Å²) in [7, 11) is 0. The highest BCUT2D eigenvalue weighted by Crippen LogP contribution is 2.35. The lowest BCUT2D eigenvalue weighted by atomic mass is 9.96. The Hall–Kier alpha value is -3.86. The number of hydrogen-bond acceptors (Lipinski definition) is 4. The molecule has 0 bridgehead atoms. The third kappa shape index (κ3) is 3.14. The third-order valence-electron chi connectivity index (χ3n) is 5.32. The highest BCUT2D eigenvalue weighted by atomic mass is 16.7. The second-order valence-corrected chi connectivity index (χ2v) is 7.37. The van der Waals surface area contributed by atoms with Gasteiger partial charge in [-0.3, -0.25) is 4.79 Å². The van der Waals surface area contributed by atoms with Crippen LogP contribution in [0.5, 0.6) is 11.5 Å². The maximum atomic E-state index is 13.4. The minimum Gasteiger partial charge on any atom is -0.454 e. The number of aromatic nitrogens is 1. The Kier molecular flexibility index (Phi) is 4.36. The molecule has 0 saturated carbocycles. The first kappa shape index (κ1) is 18.2. The fourth-order valence-electron chi connectivity index (χ4n) is 3.76. The number of fused-ring (bicyclic) bond motifs is 2. The molecule has 1 aliphatic rings. The Labute approximate surface area is 174 Å². The number of rotatable bonds is 3. The van der Waals surface area contributed by atoms with E-state index in [1.54, 1.807) is 12.1 Å². The van der Waals surface area contributed by atoms with Crippen molar-refractivity contribution >= 4 is 22.5 Å². The van der Waals surface area contributed by atoms with Gasteiger partial charge in [-0.25, -0.2) is 4.98 Å².